The van der Waals surface area contributed by atoms with E-state index in [9.17, 15) is 4.79 Å². The van der Waals surface area contributed by atoms with Crippen molar-refractivity contribution in [2.75, 3.05) is 13.7 Å². The number of methoxy groups -OCH3 is 1. The van der Waals surface area contributed by atoms with Crippen molar-refractivity contribution in [2.45, 2.75) is 38.3 Å². The summed E-state index contributed by atoms with van der Waals surface area (Å²) < 4.78 is 15.7. The van der Waals surface area contributed by atoms with Gasteiger partial charge >= 0.3 is 5.97 Å². The Labute approximate surface area is 129 Å². The van der Waals surface area contributed by atoms with E-state index < -0.39 is 5.97 Å². The Kier molecular flexibility index (Phi) is 4.58. The molecule has 1 saturated heterocycles. The molecular weight excluding hydrogens is 284 g/mol. The van der Waals surface area contributed by atoms with E-state index in [1.807, 2.05) is 12.1 Å². The number of carbonyl (C=O) groups is 1. The largest absolute Gasteiger partial charge is 0.468 e. The molecule has 1 atom stereocenters. The third-order valence-electron chi connectivity index (χ3n) is 4.02. The summed E-state index contributed by atoms with van der Waals surface area (Å²) >= 11 is 0. The summed E-state index contributed by atoms with van der Waals surface area (Å²) in [6.45, 7) is 1.52. The summed E-state index contributed by atoms with van der Waals surface area (Å²) in [7, 11) is 1.33. The fraction of sp³-hybridized carbons (Fsp3) is 0.500. The number of aromatic nitrogens is 1. The van der Waals surface area contributed by atoms with Crippen LogP contribution >= 0.6 is 0 Å². The number of carbonyl (C=O) groups excluding carboxylic acids is 1. The molecule has 6 heteroatoms. The fourth-order valence-electron chi connectivity index (χ4n) is 2.92. The van der Waals surface area contributed by atoms with Gasteiger partial charge in [-0.1, -0.05) is 12.8 Å². The molecule has 0 amide bonds. The molecule has 2 aromatic rings. The Morgan fingerprint density at radius 2 is 2.32 bits per heavy atom. The van der Waals surface area contributed by atoms with Crippen molar-refractivity contribution in [1.82, 2.24) is 9.88 Å². The maximum Gasteiger partial charge on any atom is 0.360 e. The van der Waals surface area contributed by atoms with Crippen molar-refractivity contribution in [1.29, 1.82) is 0 Å². The number of likely N-dealkylation sites (tertiary alicyclic amines) is 1. The highest BCUT2D eigenvalue weighted by Gasteiger charge is 2.26. The van der Waals surface area contributed by atoms with Crippen LogP contribution in [-0.2, 0) is 11.3 Å². The van der Waals surface area contributed by atoms with E-state index in [-0.39, 0.29) is 11.7 Å². The average Bonchev–Trinajstić information content (AvgIpc) is 3.16. The predicted octanol–water partition coefficient (Wildman–Crippen LogP) is 3.17. The first-order valence-electron chi connectivity index (χ1n) is 7.58. The Bertz CT molecular complexity index is 605. The number of ether oxygens (including phenoxy) is 1. The van der Waals surface area contributed by atoms with Crippen molar-refractivity contribution in [3.8, 4) is 0 Å². The van der Waals surface area contributed by atoms with E-state index >= 15 is 0 Å². The highest BCUT2D eigenvalue weighted by atomic mass is 16.5. The van der Waals surface area contributed by atoms with Gasteiger partial charge in [0.25, 0.3) is 0 Å². The maximum absolute atomic E-state index is 11.5. The van der Waals surface area contributed by atoms with E-state index in [0.29, 0.717) is 12.4 Å². The molecule has 0 saturated carbocycles. The second kappa shape index (κ2) is 6.79. The van der Waals surface area contributed by atoms with Crippen LogP contribution in [0, 0.1) is 0 Å². The van der Waals surface area contributed by atoms with Crippen LogP contribution in [-0.4, -0.2) is 29.5 Å². The van der Waals surface area contributed by atoms with Crippen molar-refractivity contribution in [3.63, 3.8) is 0 Å². The minimum atomic E-state index is -0.478. The summed E-state index contributed by atoms with van der Waals surface area (Å²) in [5.74, 6) is 1.02. The van der Waals surface area contributed by atoms with Crippen LogP contribution in [0.2, 0.25) is 0 Å². The van der Waals surface area contributed by atoms with Gasteiger partial charge < -0.3 is 13.6 Å². The summed E-state index contributed by atoms with van der Waals surface area (Å²) in [5, 5.41) is 0. The van der Waals surface area contributed by atoms with Crippen LogP contribution in [0.4, 0.5) is 0 Å². The molecule has 2 aromatic heterocycles. The minimum absolute atomic E-state index is 0.210. The van der Waals surface area contributed by atoms with Gasteiger partial charge in [-0.05, 0) is 31.5 Å². The molecule has 22 heavy (non-hydrogen) atoms. The van der Waals surface area contributed by atoms with Crippen molar-refractivity contribution in [2.24, 2.45) is 0 Å². The Balaban J connectivity index is 1.75. The molecule has 3 heterocycles. The lowest BCUT2D eigenvalue weighted by Crippen LogP contribution is -2.28. The summed E-state index contributed by atoms with van der Waals surface area (Å²) in [6, 6.07) is 4.16. The highest BCUT2D eigenvalue weighted by molar-refractivity contribution is 5.86. The van der Waals surface area contributed by atoms with Gasteiger partial charge in [0, 0.05) is 0 Å². The number of hydrogen-bond acceptors (Lipinski definition) is 6. The normalized spacial score (nSPS) is 19.8. The van der Waals surface area contributed by atoms with E-state index in [0.717, 1.165) is 25.1 Å². The molecule has 0 bridgehead atoms. The molecule has 6 nitrogen and oxygen atoms in total. The molecule has 1 aliphatic rings. The van der Waals surface area contributed by atoms with E-state index in [1.165, 1.54) is 26.2 Å². The molecule has 0 spiro atoms. The molecule has 118 valence electrons. The van der Waals surface area contributed by atoms with Crippen LogP contribution in [0.25, 0.3) is 0 Å². The molecule has 3 rings (SSSR count). The first-order chi connectivity index (χ1) is 10.8. The van der Waals surface area contributed by atoms with Gasteiger partial charge in [-0.15, -0.1) is 0 Å². The number of nitrogens with zero attached hydrogens (tertiary/aromatic N) is 2. The van der Waals surface area contributed by atoms with Gasteiger partial charge in [0.05, 0.1) is 26.0 Å². The van der Waals surface area contributed by atoms with E-state index in [4.69, 9.17) is 8.83 Å². The van der Waals surface area contributed by atoms with Gasteiger partial charge in [0.1, 0.15) is 12.0 Å². The first kappa shape index (κ1) is 14.8. The standard InChI is InChI=1S/C16H20N2O4/c1-20-16(19)12-11-22-15(17-12)10-18-8-4-2-3-6-13(18)14-7-5-9-21-14/h5,7,9,11,13H,2-4,6,8,10H2,1H3. The van der Waals surface area contributed by atoms with Crippen molar-refractivity contribution >= 4 is 5.97 Å². The SMILES string of the molecule is COC(=O)c1coc(CN2CCCCCC2c2ccco2)n1. The summed E-state index contributed by atoms with van der Waals surface area (Å²) in [6.07, 6.45) is 7.65. The zero-order valence-electron chi connectivity index (χ0n) is 12.7. The molecular formula is C16H20N2O4. The van der Waals surface area contributed by atoms with Crippen LogP contribution < -0.4 is 0 Å². The topological polar surface area (TPSA) is 68.7 Å². The second-order valence-corrected chi connectivity index (χ2v) is 5.47. The quantitative estimate of drug-likeness (QED) is 0.808. The lowest BCUT2D eigenvalue weighted by atomic mass is 10.1. The maximum atomic E-state index is 11.5. The Morgan fingerprint density at radius 3 is 3.09 bits per heavy atom. The average molecular weight is 304 g/mol. The zero-order valence-corrected chi connectivity index (χ0v) is 12.7. The fourth-order valence-corrected chi connectivity index (χ4v) is 2.92. The summed E-state index contributed by atoms with van der Waals surface area (Å²) in [4.78, 5) is 18.0. The molecule has 0 N–H and O–H groups in total. The molecule has 1 unspecified atom stereocenters. The Hall–Kier alpha value is -2.08. The number of hydrogen-bond donors (Lipinski definition) is 0. The number of oxazole rings is 1. The van der Waals surface area contributed by atoms with Gasteiger partial charge in [0.2, 0.25) is 5.89 Å². The third kappa shape index (κ3) is 3.22. The van der Waals surface area contributed by atoms with Crippen molar-refractivity contribution in [3.05, 3.63) is 42.0 Å². The number of rotatable bonds is 4. The zero-order chi connectivity index (χ0) is 15.4. The molecule has 0 aliphatic carbocycles. The van der Waals surface area contributed by atoms with Crippen LogP contribution in [0.5, 0.6) is 0 Å². The lowest BCUT2D eigenvalue weighted by Gasteiger charge is -2.26. The van der Waals surface area contributed by atoms with Gasteiger partial charge in [-0.25, -0.2) is 9.78 Å². The van der Waals surface area contributed by atoms with Crippen LogP contribution in [0.15, 0.2) is 33.5 Å². The van der Waals surface area contributed by atoms with Gasteiger partial charge in [-0.2, -0.15) is 0 Å². The Morgan fingerprint density at radius 1 is 1.41 bits per heavy atom. The van der Waals surface area contributed by atoms with Crippen molar-refractivity contribution < 1.29 is 18.4 Å². The smallest absolute Gasteiger partial charge is 0.360 e. The second-order valence-electron chi connectivity index (χ2n) is 5.47. The molecule has 1 aliphatic heterocycles. The minimum Gasteiger partial charge on any atom is -0.468 e. The third-order valence-corrected chi connectivity index (χ3v) is 4.02. The lowest BCUT2D eigenvalue weighted by molar-refractivity contribution is 0.0594. The van der Waals surface area contributed by atoms with Crippen LogP contribution in [0.1, 0.15) is 53.9 Å². The summed E-state index contributed by atoms with van der Waals surface area (Å²) in [5.41, 5.74) is 0.210. The number of furan rings is 1. The van der Waals surface area contributed by atoms with Gasteiger partial charge in [-0.3, -0.25) is 4.90 Å². The monoisotopic (exact) mass is 304 g/mol. The first-order valence-corrected chi connectivity index (χ1v) is 7.58. The number of esters is 1. The van der Waals surface area contributed by atoms with Crippen LogP contribution in [0.3, 0.4) is 0 Å². The van der Waals surface area contributed by atoms with Gasteiger partial charge in [0.15, 0.2) is 5.69 Å². The molecule has 0 aromatic carbocycles. The molecule has 1 fully saturated rings. The highest BCUT2D eigenvalue weighted by Crippen LogP contribution is 2.31. The molecule has 0 radical (unpaired) electrons. The predicted molar refractivity (Wildman–Crippen MR) is 78.2 cm³/mol. The van der Waals surface area contributed by atoms with E-state index in [1.54, 1.807) is 6.26 Å². The van der Waals surface area contributed by atoms with E-state index in [2.05, 4.69) is 14.6 Å².